The molecule has 0 rings (SSSR count). The van der Waals surface area contributed by atoms with E-state index in [-0.39, 0.29) is 18.6 Å². The van der Waals surface area contributed by atoms with Crippen molar-refractivity contribution in [2.45, 2.75) is 38.8 Å². The van der Waals surface area contributed by atoms with Crippen molar-refractivity contribution in [1.29, 1.82) is 0 Å². The van der Waals surface area contributed by atoms with E-state index in [4.69, 9.17) is 9.84 Å². The summed E-state index contributed by atoms with van der Waals surface area (Å²) in [5.41, 5.74) is 0. The predicted molar refractivity (Wildman–Crippen MR) is 50.8 cm³/mol. The number of nitrogens with one attached hydrogen (secondary N) is 1. The first-order chi connectivity index (χ1) is 6.06. The summed E-state index contributed by atoms with van der Waals surface area (Å²) < 4.78 is 5.05. The third kappa shape index (κ3) is 7.74. The minimum atomic E-state index is -0.742. The van der Waals surface area contributed by atoms with Crippen molar-refractivity contribution in [1.82, 2.24) is 5.32 Å². The highest BCUT2D eigenvalue weighted by Gasteiger charge is 2.06. The van der Waals surface area contributed by atoms with Crippen LogP contribution < -0.4 is 5.32 Å². The third-order valence-corrected chi connectivity index (χ3v) is 1.95. The largest absolute Gasteiger partial charge is 0.481 e. The molecule has 0 aromatic carbocycles. The van der Waals surface area contributed by atoms with Crippen molar-refractivity contribution >= 4 is 5.97 Å². The standard InChI is InChI=1S/C9H19NO3/c1-7(4-5-9(11)12)10-6-8(2)13-3/h7-8,10H,4-6H2,1-3H3,(H,11,12). The number of carboxylic acids is 1. The number of ether oxygens (including phenoxy) is 1. The normalized spacial score (nSPS) is 15.3. The molecule has 0 aromatic rings. The van der Waals surface area contributed by atoms with E-state index in [1.54, 1.807) is 7.11 Å². The molecule has 78 valence electrons. The lowest BCUT2D eigenvalue weighted by atomic mass is 10.2. The molecular formula is C9H19NO3. The Kier molecular flexibility index (Phi) is 6.54. The fourth-order valence-electron chi connectivity index (χ4n) is 0.893. The molecule has 0 saturated carbocycles. The molecule has 4 heteroatoms. The second-order valence-corrected chi connectivity index (χ2v) is 3.29. The molecule has 0 radical (unpaired) electrons. The van der Waals surface area contributed by atoms with Crippen molar-refractivity contribution in [3.8, 4) is 0 Å². The summed E-state index contributed by atoms with van der Waals surface area (Å²) in [5.74, 6) is -0.742. The minimum Gasteiger partial charge on any atom is -0.481 e. The number of methoxy groups -OCH3 is 1. The third-order valence-electron chi connectivity index (χ3n) is 1.95. The van der Waals surface area contributed by atoms with Crippen molar-refractivity contribution in [2.75, 3.05) is 13.7 Å². The molecule has 13 heavy (non-hydrogen) atoms. The van der Waals surface area contributed by atoms with Crippen molar-refractivity contribution < 1.29 is 14.6 Å². The Bertz CT molecular complexity index is 150. The van der Waals surface area contributed by atoms with Crippen LogP contribution in [-0.4, -0.2) is 36.9 Å². The first-order valence-corrected chi connectivity index (χ1v) is 4.54. The van der Waals surface area contributed by atoms with Gasteiger partial charge in [0.15, 0.2) is 0 Å². The molecule has 0 bridgehead atoms. The summed E-state index contributed by atoms with van der Waals surface area (Å²) in [4.78, 5) is 10.2. The molecule has 0 amide bonds. The maximum atomic E-state index is 10.2. The molecule has 0 saturated heterocycles. The van der Waals surface area contributed by atoms with E-state index in [1.165, 1.54) is 0 Å². The average molecular weight is 189 g/mol. The molecule has 0 fully saturated rings. The van der Waals surface area contributed by atoms with Crippen LogP contribution in [0.25, 0.3) is 0 Å². The minimum absolute atomic E-state index is 0.173. The van der Waals surface area contributed by atoms with Gasteiger partial charge in [-0.25, -0.2) is 0 Å². The predicted octanol–water partition coefficient (Wildman–Crippen LogP) is 0.864. The summed E-state index contributed by atoms with van der Waals surface area (Å²) in [6, 6.07) is 0.230. The Morgan fingerprint density at radius 2 is 2.15 bits per heavy atom. The Hall–Kier alpha value is -0.610. The monoisotopic (exact) mass is 189 g/mol. The van der Waals surface area contributed by atoms with Gasteiger partial charge in [-0.3, -0.25) is 4.79 Å². The molecule has 0 aliphatic heterocycles. The summed E-state index contributed by atoms with van der Waals surface area (Å²) in [6.07, 6.45) is 1.05. The highest BCUT2D eigenvalue weighted by atomic mass is 16.5. The van der Waals surface area contributed by atoms with Crippen LogP contribution in [0.3, 0.4) is 0 Å². The summed E-state index contributed by atoms with van der Waals surface area (Å²) in [7, 11) is 1.66. The Morgan fingerprint density at radius 1 is 1.54 bits per heavy atom. The number of aliphatic carboxylic acids is 1. The van der Waals surface area contributed by atoms with Gasteiger partial charge in [0, 0.05) is 26.1 Å². The van der Waals surface area contributed by atoms with E-state index in [9.17, 15) is 4.79 Å². The van der Waals surface area contributed by atoms with Gasteiger partial charge in [-0.2, -0.15) is 0 Å². The molecule has 0 aromatic heterocycles. The van der Waals surface area contributed by atoms with E-state index in [0.29, 0.717) is 6.42 Å². The second kappa shape index (κ2) is 6.86. The van der Waals surface area contributed by atoms with Crippen LogP contribution in [0.4, 0.5) is 0 Å². The summed E-state index contributed by atoms with van der Waals surface area (Å²) in [5, 5.41) is 11.6. The number of carbonyl (C=O) groups is 1. The Balaban J connectivity index is 3.39. The van der Waals surface area contributed by atoms with Gasteiger partial charge in [-0.15, -0.1) is 0 Å². The van der Waals surface area contributed by atoms with Gasteiger partial charge < -0.3 is 15.2 Å². The van der Waals surface area contributed by atoms with Crippen LogP contribution in [-0.2, 0) is 9.53 Å². The smallest absolute Gasteiger partial charge is 0.303 e. The van der Waals surface area contributed by atoms with Gasteiger partial charge in [-0.05, 0) is 20.3 Å². The van der Waals surface area contributed by atoms with Gasteiger partial charge in [0.25, 0.3) is 0 Å². The number of hydrogen-bond donors (Lipinski definition) is 2. The highest BCUT2D eigenvalue weighted by molar-refractivity contribution is 5.66. The lowest BCUT2D eigenvalue weighted by Crippen LogP contribution is -2.33. The van der Waals surface area contributed by atoms with Crippen LogP contribution in [0.2, 0.25) is 0 Å². The topological polar surface area (TPSA) is 58.6 Å². The van der Waals surface area contributed by atoms with E-state index in [0.717, 1.165) is 6.54 Å². The Morgan fingerprint density at radius 3 is 2.62 bits per heavy atom. The fraction of sp³-hybridized carbons (Fsp3) is 0.889. The molecule has 2 N–H and O–H groups in total. The van der Waals surface area contributed by atoms with Crippen molar-refractivity contribution in [3.63, 3.8) is 0 Å². The summed E-state index contributed by atoms with van der Waals surface area (Å²) in [6.45, 7) is 4.71. The zero-order valence-corrected chi connectivity index (χ0v) is 8.54. The van der Waals surface area contributed by atoms with Gasteiger partial charge in [0.05, 0.1) is 6.10 Å². The zero-order chi connectivity index (χ0) is 10.3. The zero-order valence-electron chi connectivity index (χ0n) is 8.54. The molecular weight excluding hydrogens is 170 g/mol. The van der Waals surface area contributed by atoms with E-state index < -0.39 is 5.97 Å². The molecule has 0 aliphatic rings. The first kappa shape index (κ1) is 12.4. The van der Waals surface area contributed by atoms with Crippen LogP contribution in [0.1, 0.15) is 26.7 Å². The maximum Gasteiger partial charge on any atom is 0.303 e. The van der Waals surface area contributed by atoms with E-state index in [1.807, 2.05) is 13.8 Å². The van der Waals surface area contributed by atoms with Crippen LogP contribution in [0.15, 0.2) is 0 Å². The van der Waals surface area contributed by atoms with Gasteiger partial charge >= 0.3 is 5.97 Å². The molecule has 0 spiro atoms. The number of hydrogen-bond acceptors (Lipinski definition) is 3. The SMILES string of the molecule is COC(C)CNC(C)CCC(=O)O. The molecule has 0 heterocycles. The van der Waals surface area contributed by atoms with E-state index >= 15 is 0 Å². The summed E-state index contributed by atoms with van der Waals surface area (Å²) >= 11 is 0. The molecule has 2 unspecified atom stereocenters. The van der Waals surface area contributed by atoms with Crippen LogP contribution in [0.5, 0.6) is 0 Å². The molecule has 2 atom stereocenters. The fourth-order valence-corrected chi connectivity index (χ4v) is 0.893. The van der Waals surface area contributed by atoms with Gasteiger partial charge in [0.1, 0.15) is 0 Å². The number of carboxylic acid groups (broad SMARTS) is 1. The quantitative estimate of drug-likeness (QED) is 0.623. The number of rotatable bonds is 7. The van der Waals surface area contributed by atoms with Gasteiger partial charge in [-0.1, -0.05) is 0 Å². The van der Waals surface area contributed by atoms with E-state index in [2.05, 4.69) is 5.32 Å². The van der Waals surface area contributed by atoms with Crippen LogP contribution >= 0.6 is 0 Å². The molecule has 0 aliphatic carbocycles. The molecule has 4 nitrogen and oxygen atoms in total. The highest BCUT2D eigenvalue weighted by Crippen LogP contribution is 1.96. The van der Waals surface area contributed by atoms with Crippen molar-refractivity contribution in [2.24, 2.45) is 0 Å². The van der Waals surface area contributed by atoms with Crippen LogP contribution in [0, 0.1) is 0 Å². The first-order valence-electron chi connectivity index (χ1n) is 4.54. The second-order valence-electron chi connectivity index (χ2n) is 3.29. The maximum absolute atomic E-state index is 10.2. The lowest BCUT2D eigenvalue weighted by molar-refractivity contribution is -0.137. The average Bonchev–Trinajstić information content (AvgIpc) is 2.10. The van der Waals surface area contributed by atoms with Crippen molar-refractivity contribution in [3.05, 3.63) is 0 Å². The lowest BCUT2D eigenvalue weighted by Gasteiger charge is -2.15. The van der Waals surface area contributed by atoms with Gasteiger partial charge in [0.2, 0.25) is 0 Å². The Labute approximate surface area is 79.3 Å².